The molecule has 1 aliphatic rings. The molecule has 2 rings (SSSR count). The molecule has 0 heterocycles. The Morgan fingerprint density at radius 1 is 1.37 bits per heavy atom. The highest BCUT2D eigenvalue weighted by Crippen LogP contribution is 2.21. The van der Waals surface area contributed by atoms with Crippen LogP contribution in [0, 0.1) is 5.82 Å². The van der Waals surface area contributed by atoms with Crippen LogP contribution in [0.15, 0.2) is 34.7 Å². The van der Waals surface area contributed by atoms with Gasteiger partial charge in [-0.1, -0.05) is 11.6 Å². The smallest absolute Gasteiger partial charge is 0.243 e. The third kappa shape index (κ3) is 3.54. The summed E-state index contributed by atoms with van der Waals surface area (Å²) in [5.41, 5.74) is 6.86. The molecule has 1 aliphatic carbocycles. The number of anilines is 1. The molecule has 0 saturated heterocycles. The number of allylic oxidation sites excluding steroid dienone is 1. The van der Waals surface area contributed by atoms with Gasteiger partial charge in [-0.25, -0.2) is 17.5 Å². The van der Waals surface area contributed by atoms with Crippen LogP contribution in [0.4, 0.5) is 10.1 Å². The zero-order valence-electron chi connectivity index (χ0n) is 10.5. The van der Waals surface area contributed by atoms with Crippen LogP contribution < -0.4 is 10.5 Å². The van der Waals surface area contributed by atoms with E-state index in [2.05, 4.69) is 10.8 Å². The molecule has 0 saturated carbocycles. The number of hydrogen-bond acceptors (Lipinski definition) is 3. The molecule has 0 atom stereocenters. The average Bonchev–Trinajstić information content (AvgIpc) is 2.81. The van der Waals surface area contributed by atoms with Crippen molar-refractivity contribution >= 4 is 15.7 Å². The lowest BCUT2D eigenvalue weighted by atomic mass is 10.2. The van der Waals surface area contributed by atoms with Crippen molar-refractivity contribution < 1.29 is 12.8 Å². The molecule has 4 nitrogen and oxygen atoms in total. The molecule has 0 aromatic heterocycles. The first-order chi connectivity index (χ1) is 8.99. The van der Waals surface area contributed by atoms with Gasteiger partial charge in [0.15, 0.2) is 0 Å². The Labute approximate surface area is 112 Å². The predicted molar refractivity (Wildman–Crippen MR) is 72.6 cm³/mol. The van der Waals surface area contributed by atoms with Gasteiger partial charge in [0.05, 0.1) is 0 Å². The molecule has 0 aliphatic heterocycles. The number of nitrogen functional groups attached to an aromatic ring is 1. The predicted octanol–water partition coefficient (Wildman–Crippen LogP) is 2.19. The highest BCUT2D eigenvalue weighted by atomic mass is 32.2. The number of nitrogens with two attached hydrogens (primary N) is 1. The van der Waals surface area contributed by atoms with Gasteiger partial charge in [-0.3, -0.25) is 0 Å². The van der Waals surface area contributed by atoms with Gasteiger partial charge in [-0.2, -0.15) is 0 Å². The minimum absolute atomic E-state index is 0.201. The lowest BCUT2D eigenvalue weighted by molar-refractivity contribution is 0.557. The maximum absolute atomic E-state index is 13.6. The van der Waals surface area contributed by atoms with Crippen molar-refractivity contribution in [3.8, 4) is 0 Å². The van der Waals surface area contributed by atoms with E-state index in [1.807, 2.05) is 0 Å². The largest absolute Gasteiger partial charge is 0.399 e. The van der Waals surface area contributed by atoms with Crippen LogP contribution in [-0.4, -0.2) is 15.0 Å². The van der Waals surface area contributed by atoms with E-state index in [4.69, 9.17) is 5.73 Å². The Kier molecular flexibility index (Phi) is 4.21. The zero-order valence-corrected chi connectivity index (χ0v) is 11.3. The lowest BCUT2D eigenvalue weighted by Gasteiger charge is -2.08. The Bertz CT molecular complexity index is 597. The summed E-state index contributed by atoms with van der Waals surface area (Å²) in [5.74, 6) is -0.826. The van der Waals surface area contributed by atoms with Crippen LogP contribution in [-0.2, 0) is 10.0 Å². The highest BCUT2D eigenvalue weighted by Gasteiger charge is 2.18. The molecule has 3 N–H and O–H groups in total. The van der Waals surface area contributed by atoms with Crippen molar-refractivity contribution in [1.82, 2.24) is 4.72 Å². The molecule has 0 fully saturated rings. The summed E-state index contributed by atoms with van der Waals surface area (Å²) >= 11 is 0. The summed E-state index contributed by atoms with van der Waals surface area (Å²) in [5, 5.41) is 0. The fourth-order valence-electron chi connectivity index (χ4n) is 2.12. The van der Waals surface area contributed by atoms with Crippen LogP contribution in [0.25, 0.3) is 0 Å². The van der Waals surface area contributed by atoms with Gasteiger partial charge in [0.2, 0.25) is 10.0 Å². The molecule has 0 spiro atoms. The number of halogens is 1. The molecule has 0 radical (unpaired) electrons. The van der Waals surface area contributed by atoms with Gasteiger partial charge in [0, 0.05) is 12.2 Å². The Balaban J connectivity index is 2.01. The third-order valence-corrected chi connectivity index (χ3v) is 4.61. The first kappa shape index (κ1) is 14.0. The summed E-state index contributed by atoms with van der Waals surface area (Å²) in [6.45, 7) is 0.290. The fourth-order valence-corrected chi connectivity index (χ4v) is 3.21. The van der Waals surface area contributed by atoms with Gasteiger partial charge in [0.1, 0.15) is 10.7 Å². The van der Waals surface area contributed by atoms with Crippen LogP contribution >= 0.6 is 0 Å². The van der Waals surface area contributed by atoms with Crippen LogP contribution in [0.3, 0.4) is 0 Å². The van der Waals surface area contributed by atoms with E-state index in [-0.39, 0.29) is 17.1 Å². The van der Waals surface area contributed by atoms with Crippen molar-refractivity contribution in [2.24, 2.45) is 0 Å². The standard InChI is InChI=1S/C13H17FN2O2S/c14-12-9-11(15)5-6-13(12)19(17,18)16-8-7-10-3-1-2-4-10/h3,5-6,9,16H,1-2,4,7-8,15H2. The maximum atomic E-state index is 13.6. The quantitative estimate of drug-likeness (QED) is 0.643. The summed E-state index contributed by atoms with van der Waals surface area (Å²) in [6.07, 6.45) is 6.04. The molecule has 0 bridgehead atoms. The minimum atomic E-state index is -3.81. The summed E-state index contributed by atoms with van der Waals surface area (Å²) in [4.78, 5) is -0.359. The number of hydrogen-bond donors (Lipinski definition) is 2. The number of nitrogens with one attached hydrogen (secondary N) is 1. The molecule has 6 heteroatoms. The normalized spacial score (nSPS) is 15.5. The van der Waals surface area contributed by atoms with Gasteiger partial charge in [-0.05, 0) is 43.9 Å². The number of rotatable bonds is 5. The van der Waals surface area contributed by atoms with E-state index < -0.39 is 15.8 Å². The van der Waals surface area contributed by atoms with E-state index >= 15 is 0 Å². The second kappa shape index (κ2) is 5.71. The fraction of sp³-hybridized carbons (Fsp3) is 0.385. The first-order valence-electron chi connectivity index (χ1n) is 6.21. The molecular weight excluding hydrogens is 267 g/mol. The van der Waals surface area contributed by atoms with Crippen molar-refractivity contribution in [3.05, 3.63) is 35.7 Å². The lowest BCUT2D eigenvalue weighted by Crippen LogP contribution is -2.26. The Hall–Kier alpha value is -1.40. The Morgan fingerprint density at radius 3 is 2.79 bits per heavy atom. The van der Waals surface area contributed by atoms with Crippen molar-refractivity contribution in [2.75, 3.05) is 12.3 Å². The molecule has 0 unspecified atom stereocenters. The monoisotopic (exact) mass is 284 g/mol. The molecule has 0 amide bonds. The molecular formula is C13H17FN2O2S. The van der Waals surface area contributed by atoms with Crippen LogP contribution in [0.1, 0.15) is 25.7 Å². The second-order valence-electron chi connectivity index (χ2n) is 4.59. The van der Waals surface area contributed by atoms with E-state index in [1.165, 1.54) is 17.7 Å². The van der Waals surface area contributed by atoms with Crippen molar-refractivity contribution in [3.63, 3.8) is 0 Å². The zero-order chi connectivity index (χ0) is 13.9. The van der Waals surface area contributed by atoms with E-state index in [9.17, 15) is 12.8 Å². The van der Waals surface area contributed by atoms with Crippen molar-refractivity contribution in [1.29, 1.82) is 0 Å². The van der Waals surface area contributed by atoms with E-state index in [1.54, 1.807) is 0 Å². The highest BCUT2D eigenvalue weighted by molar-refractivity contribution is 7.89. The Morgan fingerprint density at radius 2 is 2.16 bits per heavy atom. The van der Waals surface area contributed by atoms with Gasteiger partial charge in [0.25, 0.3) is 0 Å². The van der Waals surface area contributed by atoms with Gasteiger partial charge < -0.3 is 5.73 Å². The van der Waals surface area contributed by atoms with Crippen molar-refractivity contribution in [2.45, 2.75) is 30.6 Å². The summed E-state index contributed by atoms with van der Waals surface area (Å²) in [6, 6.07) is 3.56. The van der Waals surface area contributed by atoms with E-state index in [0.717, 1.165) is 25.3 Å². The summed E-state index contributed by atoms with van der Waals surface area (Å²) in [7, 11) is -3.81. The average molecular weight is 284 g/mol. The molecule has 19 heavy (non-hydrogen) atoms. The molecule has 1 aromatic carbocycles. The van der Waals surface area contributed by atoms with Crippen LogP contribution in [0.5, 0.6) is 0 Å². The topological polar surface area (TPSA) is 72.2 Å². The SMILES string of the molecule is Nc1ccc(S(=O)(=O)NCCC2=CCCC2)c(F)c1. The number of sulfonamides is 1. The van der Waals surface area contributed by atoms with E-state index in [0.29, 0.717) is 6.42 Å². The number of benzene rings is 1. The minimum Gasteiger partial charge on any atom is -0.399 e. The first-order valence-corrected chi connectivity index (χ1v) is 7.70. The van der Waals surface area contributed by atoms with Gasteiger partial charge >= 0.3 is 0 Å². The molecule has 104 valence electrons. The summed E-state index contributed by atoms with van der Waals surface area (Å²) < 4.78 is 39.8. The third-order valence-electron chi connectivity index (χ3n) is 3.12. The molecule has 1 aromatic rings. The van der Waals surface area contributed by atoms with Crippen LogP contribution in [0.2, 0.25) is 0 Å². The van der Waals surface area contributed by atoms with Gasteiger partial charge in [-0.15, -0.1) is 0 Å². The second-order valence-corrected chi connectivity index (χ2v) is 6.33. The maximum Gasteiger partial charge on any atom is 0.243 e.